The number of fused-ring (bicyclic) bond motifs is 1. The zero-order valence-electron chi connectivity index (χ0n) is 12.6. The summed E-state index contributed by atoms with van der Waals surface area (Å²) in [4.78, 5) is 20.9. The third kappa shape index (κ3) is 2.54. The van der Waals surface area contributed by atoms with Gasteiger partial charge in [-0.2, -0.15) is 0 Å². The summed E-state index contributed by atoms with van der Waals surface area (Å²) in [6, 6.07) is 3.69. The van der Waals surface area contributed by atoms with Gasteiger partial charge in [0.05, 0.1) is 31.2 Å². The Kier molecular flexibility index (Phi) is 3.79. The first-order valence-electron chi connectivity index (χ1n) is 7.22. The molecule has 2 N–H and O–H groups in total. The van der Waals surface area contributed by atoms with Crippen molar-refractivity contribution in [2.75, 3.05) is 32.2 Å². The number of imidazole rings is 1. The van der Waals surface area contributed by atoms with Crippen molar-refractivity contribution in [2.24, 2.45) is 5.92 Å². The maximum atomic E-state index is 11.0. The van der Waals surface area contributed by atoms with Gasteiger partial charge >= 0.3 is 5.97 Å². The van der Waals surface area contributed by atoms with E-state index >= 15 is 0 Å². The van der Waals surface area contributed by atoms with Crippen LogP contribution >= 0.6 is 0 Å². The molecule has 1 aromatic carbocycles. The van der Waals surface area contributed by atoms with Crippen molar-refractivity contribution in [3.05, 3.63) is 12.1 Å². The minimum atomic E-state index is -0.710. The minimum Gasteiger partial charge on any atom is -0.493 e. The predicted octanol–water partition coefficient (Wildman–Crippen LogP) is 1.88. The number of methoxy groups -OCH3 is 2. The molecule has 0 amide bonds. The fraction of sp³-hybridized carbons (Fsp3) is 0.467. The van der Waals surface area contributed by atoms with Crippen LogP contribution in [0.3, 0.4) is 0 Å². The Labute approximate surface area is 127 Å². The molecule has 0 saturated carbocycles. The number of hydrogen-bond acceptors (Lipinski definition) is 5. The summed E-state index contributed by atoms with van der Waals surface area (Å²) in [5.41, 5.74) is 1.67. The standard InChI is InChI=1S/C15H19N3O4/c1-21-12-7-10-11(8-13(12)22-2)17-15(16-10)18-5-3-9(4-6-18)14(19)20/h7-9H,3-6H2,1-2H3,(H,16,17)(H,19,20). The highest BCUT2D eigenvalue weighted by Crippen LogP contribution is 2.32. The third-order valence-electron chi connectivity index (χ3n) is 4.12. The Balaban J connectivity index is 1.85. The maximum Gasteiger partial charge on any atom is 0.306 e. The third-order valence-corrected chi connectivity index (χ3v) is 4.12. The van der Waals surface area contributed by atoms with E-state index in [1.165, 1.54) is 0 Å². The molecule has 2 aromatic rings. The largest absolute Gasteiger partial charge is 0.493 e. The SMILES string of the molecule is COc1cc2nc(N3CCC(C(=O)O)CC3)[nH]c2cc1OC. The number of aromatic amines is 1. The number of rotatable bonds is 4. The van der Waals surface area contributed by atoms with Gasteiger partial charge in [-0.3, -0.25) is 4.79 Å². The first-order chi connectivity index (χ1) is 10.6. The Morgan fingerprint density at radius 3 is 2.50 bits per heavy atom. The second-order valence-electron chi connectivity index (χ2n) is 5.38. The van der Waals surface area contributed by atoms with E-state index in [9.17, 15) is 4.79 Å². The van der Waals surface area contributed by atoms with Gasteiger partial charge in [-0.1, -0.05) is 0 Å². The van der Waals surface area contributed by atoms with Gasteiger partial charge in [0.2, 0.25) is 5.95 Å². The van der Waals surface area contributed by atoms with Crippen LogP contribution in [0.1, 0.15) is 12.8 Å². The summed E-state index contributed by atoms with van der Waals surface area (Å²) in [5.74, 6) is 1.08. The van der Waals surface area contributed by atoms with Crippen LogP contribution in [0.15, 0.2) is 12.1 Å². The lowest BCUT2D eigenvalue weighted by molar-refractivity contribution is -0.142. The molecule has 0 radical (unpaired) electrons. The number of carbonyl (C=O) groups is 1. The lowest BCUT2D eigenvalue weighted by Gasteiger charge is -2.29. The van der Waals surface area contributed by atoms with Crippen molar-refractivity contribution in [1.29, 1.82) is 0 Å². The number of benzene rings is 1. The van der Waals surface area contributed by atoms with E-state index in [4.69, 9.17) is 14.6 Å². The molecular weight excluding hydrogens is 286 g/mol. The Morgan fingerprint density at radius 2 is 1.91 bits per heavy atom. The van der Waals surface area contributed by atoms with Crippen LogP contribution in [0.5, 0.6) is 11.5 Å². The van der Waals surface area contributed by atoms with Crippen molar-refractivity contribution >= 4 is 23.0 Å². The van der Waals surface area contributed by atoms with Gasteiger partial charge in [-0.15, -0.1) is 0 Å². The predicted molar refractivity (Wildman–Crippen MR) is 81.8 cm³/mol. The minimum absolute atomic E-state index is 0.249. The van der Waals surface area contributed by atoms with E-state index < -0.39 is 5.97 Å². The maximum absolute atomic E-state index is 11.0. The highest BCUT2D eigenvalue weighted by atomic mass is 16.5. The molecule has 7 nitrogen and oxygen atoms in total. The first kappa shape index (κ1) is 14.5. The number of anilines is 1. The van der Waals surface area contributed by atoms with Crippen molar-refractivity contribution in [3.63, 3.8) is 0 Å². The highest BCUT2D eigenvalue weighted by molar-refractivity contribution is 5.82. The van der Waals surface area contributed by atoms with Crippen molar-refractivity contribution in [1.82, 2.24) is 9.97 Å². The van der Waals surface area contributed by atoms with E-state index in [2.05, 4.69) is 14.9 Å². The molecule has 1 aromatic heterocycles. The van der Waals surface area contributed by atoms with Crippen molar-refractivity contribution in [2.45, 2.75) is 12.8 Å². The van der Waals surface area contributed by atoms with E-state index in [0.29, 0.717) is 37.4 Å². The van der Waals surface area contributed by atoms with Gasteiger partial charge in [0.15, 0.2) is 11.5 Å². The molecule has 1 fully saturated rings. The molecule has 1 saturated heterocycles. The second kappa shape index (κ2) is 5.75. The molecular formula is C15H19N3O4. The number of aromatic nitrogens is 2. The van der Waals surface area contributed by atoms with Crippen LogP contribution in [-0.2, 0) is 4.79 Å². The fourth-order valence-electron chi connectivity index (χ4n) is 2.81. The van der Waals surface area contributed by atoms with Gasteiger partial charge in [0, 0.05) is 25.2 Å². The number of ether oxygens (including phenoxy) is 2. The molecule has 1 aliphatic rings. The molecule has 2 heterocycles. The summed E-state index contributed by atoms with van der Waals surface area (Å²) >= 11 is 0. The smallest absolute Gasteiger partial charge is 0.306 e. The van der Waals surface area contributed by atoms with Gasteiger partial charge in [-0.25, -0.2) is 4.98 Å². The molecule has 7 heteroatoms. The topological polar surface area (TPSA) is 87.7 Å². The zero-order valence-corrected chi connectivity index (χ0v) is 12.6. The summed E-state index contributed by atoms with van der Waals surface area (Å²) in [7, 11) is 3.19. The number of carboxylic acid groups (broad SMARTS) is 1. The number of nitrogens with zero attached hydrogens (tertiary/aromatic N) is 2. The number of aliphatic carboxylic acids is 1. The number of hydrogen-bond donors (Lipinski definition) is 2. The van der Waals surface area contributed by atoms with Crippen molar-refractivity contribution in [3.8, 4) is 11.5 Å². The molecule has 0 atom stereocenters. The number of piperidine rings is 1. The second-order valence-corrected chi connectivity index (χ2v) is 5.38. The molecule has 0 bridgehead atoms. The average molecular weight is 305 g/mol. The number of carboxylic acids is 1. The summed E-state index contributed by atoms with van der Waals surface area (Å²) in [5, 5.41) is 9.06. The molecule has 0 aliphatic carbocycles. The van der Waals surface area contributed by atoms with Gasteiger partial charge in [-0.05, 0) is 12.8 Å². The number of nitrogens with one attached hydrogen (secondary N) is 1. The molecule has 0 spiro atoms. The lowest BCUT2D eigenvalue weighted by Crippen LogP contribution is -2.36. The van der Waals surface area contributed by atoms with E-state index in [1.54, 1.807) is 14.2 Å². The highest BCUT2D eigenvalue weighted by Gasteiger charge is 2.26. The van der Waals surface area contributed by atoms with Gasteiger partial charge < -0.3 is 24.5 Å². The molecule has 22 heavy (non-hydrogen) atoms. The Morgan fingerprint density at radius 1 is 1.27 bits per heavy atom. The summed E-state index contributed by atoms with van der Waals surface area (Å²) < 4.78 is 10.6. The molecule has 1 aliphatic heterocycles. The average Bonchev–Trinajstić information content (AvgIpc) is 2.96. The quantitative estimate of drug-likeness (QED) is 0.897. The van der Waals surface area contributed by atoms with E-state index in [-0.39, 0.29) is 5.92 Å². The van der Waals surface area contributed by atoms with Gasteiger partial charge in [0.25, 0.3) is 0 Å². The molecule has 3 rings (SSSR count). The molecule has 118 valence electrons. The van der Waals surface area contributed by atoms with E-state index in [0.717, 1.165) is 17.0 Å². The lowest BCUT2D eigenvalue weighted by atomic mass is 9.97. The van der Waals surface area contributed by atoms with Crippen LogP contribution < -0.4 is 14.4 Å². The van der Waals surface area contributed by atoms with Crippen molar-refractivity contribution < 1.29 is 19.4 Å². The molecule has 0 unspecified atom stereocenters. The fourth-order valence-corrected chi connectivity index (χ4v) is 2.81. The van der Waals surface area contributed by atoms with Crippen LogP contribution in [-0.4, -0.2) is 48.4 Å². The van der Waals surface area contributed by atoms with Crippen LogP contribution in [0, 0.1) is 5.92 Å². The Bertz CT molecular complexity index is 648. The first-order valence-corrected chi connectivity index (χ1v) is 7.22. The van der Waals surface area contributed by atoms with Crippen LogP contribution in [0.25, 0.3) is 11.0 Å². The summed E-state index contributed by atoms with van der Waals surface area (Å²) in [6.45, 7) is 1.37. The number of H-pyrrole nitrogens is 1. The normalized spacial score (nSPS) is 16.0. The monoisotopic (exact) mass is 305 g/mol. The van der Waals surface area contributed by atoms with E-state index in [1.807, 2.05) is 12.1 Å². The zero-order chi connectivity index (χ0) is 15.7. The van der Waals surface area contributed by atoms with Crippen LogP contribution in [0.2, 0.25) is 0 Å². The Hall–Kier alpha value is -2.44. The van der Waals surface area contributed by atoms with Crippen LogP contribution in [0.4, 0.5) is 5.95 Å². The summed E-state index contributed by atoms with van der Waals surface area (Å²) in [6.07, 6.45) is 1.28. The van der Waals surface area contributed by atoms with Gasteiger partial charge in [0.1, 0.15) is 0 Å².